The summed E-state index contributed by atoms with van der Waals surface area (Å²) < 4.78 is 0. The fourth-order valence-corrected chi connectivity index (χ4v) is 1.20. The second-order valence-corrected chi connectivity index (χ2v) is 2.73. The van der Waals surface area contributed by atoms with Gasteiger partial charge in [-0.2, -0.15) is 0 Å². The fourth-order valence-electron chi connectivity index (χ4n) is 1.20. The van der Waals surface area contributed by atoms with Crippen LogP contribution in [-0.4, -0.2) is 37.0 Å². The topological polar surface area (TPSA) is 32.3 Å². The van der Waals surface area contributed by atoms with E-state index in [1.807, 2.05) is 11.8 Å². The summed E-state index contributed by atoms with van der Waals surface area (Å²) in [5.74, 6) is 5.96. The number of nitrogens with one attached hydrogen (secondary N) is 1. The van der Waals surface area contributed by atoms with Crippen LogP contribution >= 0.6 is 0 Å². The molecule has 0 saturated carbocycles. The molecule has 1 amide bonds. The highest BCUT2D eigenvalue weighted by atomic mass is 16.2. The van der Waals surface area contributed by atoms with E-state index in [1.165, 1.54) is 0 Å². The van der Waals surface area contributed by atoms with Crippen molar-refractivity contribution in [3.8, 4) is 11.8 Å². The van der Waals surface area contributed by atoms with Gasteiger partial charge in [-0.05, 0) is 6.92 Å². The molecule has 1 saturated heterocycles. The van der Waals surface area contributed by atoms with E-state index >= 15 is 0 Å². The number of nitrogens with zero attached hydrogens (tertiary/aromatic N) is 1. The van der Waals surface area contributed by atoms with Gasteiger partial charge in [-0.25, -0.2) is 0 Å². The molecule has 0 aromatic carbocycles. The number of piperazine rings is 1. The quantitative estimate of drug-likeness (QED) is 0.578. The predicted molar refractivity (Wildman–Crippen MR) is 47.5 cm³/mol. The second-order valence-electron chi connectivity index (χ2n) is 2.73. The summed E-state index contributed by atoms with van der Waals surface area (Å²) in [6, 6.07) is 0. The van der Waals surface area contributed by atoms with E-state index in [1.54, 1.807) is 0 Å². The second kappa shape index (κ2) is 4.78. The molecule has 0 bridgehead atoms. The molecule has 1 heterocycles. The van der Waals surface area contributed by atoms with Crippen LogP contribution in [-0.2, 0) is 4.79 Å². The minimum Gasteiger partial charge on any atom is -0.339 e. The van der Waals surface area contributed by atoms with Gasteiger partial charge in [-0.1, -0.05) is 0 Å². The van der Waals surface area contributed by atoms with Crippen LogP contribution in [0.4, 0.5) is 0 Å². The Morgan fingerprint density at radius 2 is 2.50 bits per heavy atom. The molecule has 12 heavy (non-hydrogen) atoms. The lowest BCUT2D eigenvalue weighted by molar-refractivity contribution is -0.131. The summed E-state index contributed by atoms with van der Waals surface area (Å²) in [4.78, 5) is 13.1. The van der Waals surface area contributed by atoms with Gasteiger partial charge in [0.25, 0.3) is 0 Å². The lowest BCUT2D eigenvalue weighted by Gasteiger charge is -2.26. The van der Waals surface area contributed by atoms with E-state index in [0.29, 0.717) is 6.54 Å². The molecule has 1 aliphatic heterocycles. The van der Waals surface area contributed by atoms with Gasteiger partial charge in [0.05, 0.1) is 6.54 Å². The third kappa shape index (κ3) is 2.55. The number of hydrogen-bond acceptors (Lipinski definition) is 2. The van der Waals surface area contributed by atoms with Crippen molar-refractivity contribution < 1.29 is 4.79 Å². The van der Waals surface area contributed by atoms with Gasteiger partial charge in [0.1, 0.15) is 0 Å². The summed E-state index contributed by atoms with van der Waals surface area (Å²) in [5, 5.41) is 3.03. The van der Waals surface area contributed by atoms with Gasteiger partial charge in [0.15, 0.2) is 0 Å². The van der Waals surface area contributed by atoms with Crippen molar-refractivity contribution in [3.05, 3.63) is 0 Å². The van der Waals surface area contributed by atoms with Gasteiger partial charge in [-0.15, -0.1) is 11.8 Å². The highest BCUT2D eigenvalue weighted by Crippen LogP contribution is 1.95. The molecule has 1 rings (SSSR count). The first-order chi connectivity index (χ1) is 5.84. The van der Waals surface area contributed by atoms with Crippen molar-refractivity contribution in [1.82, 2.24) is 10.2 Å². The van der Waals surface area contributed by atoms with Crippen molar-refractivity contribution in [2.24, 2.45) is 0 Å². The first kappa shape index (κ1) is 9.08. The van der Waals surface area contributed by atoms with E-state index in [2.05, 4.69) is 17.2 Å². The van der Waals surface area contributed by atoms with Crippen LogP contribution in [0.1, 0.15) is 13.3 Å². The first-order valence-corrected chi connectivity index (χ1v) is 4.22. The number of hydrogen-bond donors (Lipinski definition) is 1. The van der Waals surface area contributed by atoms with Crippen LogP contribution < -0.4 is 5.32 Å². The molecule has 3 heteroatoms. The Kier molecular flexibility index (Phi) is 3.62. The Balaban J connectivity index is 2.27. The fraction of sp³-hybridized carbons (Fsp3) is 0.667. The minimum atomic E-state index is 0.194. The van der Waals surface area contributed by atoms with Gasteiger partial charge < -0.3 is 10.2 Å². The predicted octanol–water partition coefficient (Wildman–Crippen LogP) is -0.168. The Hall–Kier alpha value is -1.01. The number of amides is 1. The number of rotatable bonds is 2. The Morgan fingerprint density at radius 3 is 3.17 bits per heavy atom. The smallest absolute Gasteiger partial charge is 0.236 e. The van der Waals surface area contributed by atoms with Crippen molar-refractivity contribution in [3.63, 3.8) is 0 Å². The SMILES string of the molecule is CC#CCCN1CCNCC1=O. The van der Waals surface area contributed by atoms with Gasteiger partial charge in [0.2, 0.25) is 5.91 Å². The van der Waals surface area contributed by atoms with Crippen molar-refractivity contribution >= 4 is 5.91 Å². The molecule has 66 valence electrons. The van der Waals surface area contributed by atoms with Crippen LogP contribution in [0, 0.1) is 11.8 Å². The van der Waals surface area contributed by atoms with E-state index < -0.39 is 0 Å². The molecule has 0 spiro atoms. The molecule has 0 aliphatic carbocycles. The minimum absolute atomic E-state index is 0.194. The highest BCUT2D eigenvalue weighted by molar-refractivity contribution is 5.78. The molecule has 1 N–H and O–H groups in total. The maximum Gasteiger partial charge on any atom is 0.236 e. The van der Waals surface area contributed by atoms with E-state index in [-0.39, 0.29) is 5.91 Å². The van der Waals surface area contributed by atoms with Crippen LogP contribution in [0.2, 0.25) is 0 Å². The Bertz CT molecular complexity index is 214. The molecule has 1 aliphatic rings. The average Bonchev–Trinajstić information content (AvgIpc) is 2.09. The van der Waals surface area contributed by atoms with Crippen LogP contribution in [0.5, 0.6) is 0 Å². The zero-order chi connectivity index (χ0) is 8.81. The lowest BCUT2D eigenvalue weighted by Crippen LogP contribution is -2.48. The monoisotopic (exact) mass is 166 g/mol. The summed E-state index contributed by atoms with van der Waals surface area (Å²) in [6.45, 7) is 4.82. The summed E-state index contributed by atoms with van der Waals surface area (Å²) >= 11 is 0. The van der Waals surface area contributed by atoms with Crippen molar-refractivity contribution in [2.45, 2.75) is 13.3 Å². The first-order valence-electron chi connectivity index (χ1n) is 4.22. The molecule has 0 radical (unpaired) electrons. The van der Waals surface area contributed by atoms with Gasteiger partial charge in [-0.3, -0.25) is 4.79 Å². The maximum absolute atomic E-state index is 11.2. The third-order valence-electron chi connectivity index (χ3n) is 1.87. The van der Waals surface area contributed by atoms with Gasteiger partial charge in [0, 0.05) is 26.1 Å². The molecule has 0 aromatic rings. The van der Waals surface area contributed by atoms with E-state index in [0.717, 1.165) is 26.1 Å². The largest absolute Gasteiger partial charge is 0.339 e. The number of carbonyl (C=O) groups excluding carboxylic acids is 1. The zero-order valence-corrected chi connectivity index (χ0v) is 7.39. The average molecular weight is 166 g/mol. The zero-order valence-electron chi connectivity index (χ0n) is 7.39. The Morgan fingerprint density at radius 1 is 1.67 bits per heavy atom. The normalized spacial score (nSPS) is 17.1. The van der Waals surface area contributed by atoms with Crippen LogP contribution in [0.3, 0.4) is 0 Å². The highest BCUT2D eigenvalue weighted by Gasteiger charge is 2.15. The van der Waals surface area contributed by atoms with Crippen LogP contribution in [0.25, 0.3) is 0 Å². The molecular formula is C9H14N2O. The summed E-state index contributed by atoms with van der Waals surface area (Å²) in [5.41, 5.74) is 0. The molecule has 3 nitrogen and oxygen atoms in total. The van der Waals surface area contributed by atoms with Crippen LogP contribution in [0.15, 0.2) is 0 Å². The standard InChI is InChI=1S/C9H14N2O/c1-2-3-4-6-11-7-5-10-8-9(11)12/h10H,4-8H2,1H3. The van der Waals surface area contributed by atoms with Crippen molar-refractivity contribution in [2.75, 3.05) is 26.2 Å². The number of carbonyl (C=O) groups is 1. The molecule has 0 atom stereocenters. The molecule has 1 fully saturated rings. The summed E-state index contributed by atoms with van der Waals surface area (Å²) in [6.07, 6.45) is 0.794. The Labute approximate surface area is 73.1 Å². The molecular weight excluding hydrogens is 152 g/mol. The maximum atomic E-state index is 11.2. The summed E-state index contributed by atoms with van der Waals surface area (Å²) in [7, 11) is 0. The third-order valence-corrected chi connectivity index (χ3v) is 1.87. The molecule has 0 unspecified atom stereocenters. The van der Waals surface area contributed by atoms with E-state index in [4.69, 9.17) is 0 Å². The van der Waals surface area contributed by atoms with Gasteiger partial charge >= 0.3 is 0 Å². The van der Waals surface area contributed by atoms with Crippen molar-refractivity contribution in [1.29, 1.82) is 0 Å². The van der Waals surface area contributed by atoms with E-state index in [9.17, 15) is 4.79 Å². The lowest BCUT2D eigenvalue weighted by atomic mass is 10.3. The molecule has 0 aromatic heterocycles.